The predicted octanol–water partition coefficient (Wildman–Crippen LogP) is 2.12. The first-order valence-electron chi connectivity index (χ1n) is 7.77. The summed E-state index contributed by atoms with van der Waals surface area (Å²) in [6.45, 7) is 3.53. The number of halogens is 1. The van der Waals surface area contributed by atoms with Crippen molar-refractivity contribution < 1.29 is 4.79 Å². The number of hydrogen-bond acceptors (Lipinski definition) is 5. The Morgan fingerprint density at radius 1 is 1.54 bits per heavy atom. The second kappa shape index (κ2) is 7.62. The van der Waals surface area contributed by atoms with Crippen molar-refractivity contribution in [3.63, 3.8) is 0 Å². The van der Waals surface area contributed by atoms with Gasteiger partial charge in [-0.1, -0.05) is 6.92 Å². The molecule has 3 rings (SSSR count). The van der Waals surface area contributed by atoms with Gasteiger partial charge in [0.15, 0.2) is 0 Å². The monoisotopic (exact) mass is 392 g/mol. The quantitative estimate of drug-likeness (QED) is 0.863. The highest BCUT2D eigenvalue weighted by atomic mass is 79.9. The Labute approximate surface area is 151 Å². The topological polar surface area (TPSA) is 88.9 Å². The van der Waals surface area contributed by atoms with E-state index in [4.69, 9.17) is 5.26 Å². The molecule has 0 aromatic carbocycles. The molecule has 0 saturated carbocycles. The number of aromatic nitrogens is 3. The third kappa shape index (κ3) is 3.36. The van der Waals surface area contributed by atoms with Crippen molar-refractivity contribution in [3.05, 3.63) is 18.6 Å². The van der Waals surface area contributed by atoms with Crippen molar-refractivity contribution in [2.45, 2.75) is 25.8 Å². The van der Waals surface area contributed by atoms with Crippen LogP contribution in [-0.2, 0) is 4.79 Å². The molecule has 1 amide bonds. The zero-order chi connectivity index (χ0) is 16.4. The fraction of sp³-hybridized carbons (Fsp3) is 0.500. The van der Waals surface area contributed by atoms with Crippen molar-refractivity contribution in [2.24, 2.45) is 5.92 Å². The fourth-order valence-electron chi connectivity index (χ4n) is 3.26. The number of hydrogen-bond donors (Lipinski definition) is 1. The molecule has 24 heavy (non-hydrogen) atoms. The standard InChI is InChI=1S/C16H20N6O.BrH/c1-11-5-8-22(14(23)3-6-17)9-13(11)21(2)16-12-4-7-18-15(12)19-10-20-16;/h4,7,10-11,13H,3,5,8-9H2,1-2H3,(H,18,19,20);1H/t11-,13+;/m1./s1. The summed E-state index contributed by atoms with van der Waals surface area (Å²) in [6.07, 6.45) is 4.27. The van der Waals surface area contributed by atoms with Crippen molar-refractivity contribution >= 4 is 39.7 Å². The molecule has 1 aliphatic heterocycles. The Morgan fingerprint density at radius 3 is 3.08 bits per heavy atom. The number of carbonyl (C=O) groups excluding carboxylic acids is 1. The van der Waals surface area contributed by atoms with Crippen LogP contribution in [0.5, 0.6) is 0 Å². The molecule has 0 bridgehead atoms. The number of nitrogens with zero attached hydrogens (tertiary/aromatic N) is 5. The average molecular weight is 393 g/mol. The normalized spacial score (nSPS) is 20.3. The smallest absolute Gasteiger partial charge is 0.236 e. The molecule has 1 saturated heterocycles. The number of nitrogens with one attached hydrogen (secondary N) is 1. The second-order valence-electron chi connectivity index (χ2n) is 6.06. The number of amides is 1. The lowest BCUT2D eigenvalue weighted by molar-refractivity contribution is -0.131. The van der Waals surface area contributed by atoms with Gasteiger partial charge in [0.2, 0.25) is 5.91 Å². The third-order valence-corrected chi connectivity index (χ3v) is 4.67. The van der Waals surface area contributed by atoms with Gasteiger partial charge >= 0.3 is 0 Å². The van der Waals surface area contributed by atoms with Gasteiger partial charge in [-0.05, 0) is 18.4 Å². The number of piperidine rings is 1. The Kier molecular flexibility index (Phi) is 5.78. The zero-order valence-electron chi connectivity index (χ0n) is 13.8. The Balaban J connectivity index is 0.00000208. The van der Waals surface area contributed by atoms with Crippen LogP contribution in [0.25, 0.3) is 11.0 Å². The van der Waals surface area contributed by atoms with Crippen molar-refractivity contribution in [1.29, 1.82) is 5.26 Å². The molecule has 1 aliphatic rings. The maximum Gasteiger partial charge on any atom is 0.236 e. The molecular weight excluding hydrogens is 372 g/mol. The lowest BCUT2D eigenvalue weighted by Crippen LogP contribution is -2.52. The van der Waals surface area contributed by atoms with E-state index in [1.54, 1.807) is 11.2 Å². The van der Waals surface area contributed by atoms with Gasteiger partial charge in [0.25, 0.3) is 0 Å². The van der Waals surface area contributed by atoms with Gasteiger partial charge in [0, 0.05) is 26.3 Å². The number of likely N-dealkylation sites (tertiary alicyclic amines) is 1. The maximum absolute atomic E-state index is 12.0. The third-order valence-electron chi connectivity index (χ3n) is 4.67. The first-order valence-corrected chi connectivity index (χ1v) is 7.77. The van der Waals surface area contributed by atoms with E-state index in [0.717, 1.165) is 29.8 Å². The van der Waals surface area contributed by atoms with E-state index < -0.39 is 0 Å². The zero-order valence-corrected chi connectivity index (χ0v) is 15.5. The number of likely N-dealkylation sites (N-methyl/N-ethyl adjacent to an activating group) is 1. The molecule has 0 radical (unpaired) electrons. The summed E-state index contributed by atoms with van der Waals surface area (Å²) in [5.74, 6) is 1.21. The van der Waals surface area contributed by atoms with Crippen molar-refractivity contribution in [3.8, 4) is 6.07 Å². The molecule has 0 unspecified atom stereocenters. The summed E-state index contributed by atoms with van der Waals surface area (Å²) in [4.78, 5) is 27.7. The van der Waals surface area contributed by atoms with Gasteiger partial charge in [-0.3, -0.25) is 4.79 Å². The molecule has 2 aromatic rings. The SMILES string of the molecule is Br.C[C@@H]1CCN(C(=O)CC#N)C[C@@H]1N(C)c1ncnc2[nH]ccc12. The number of rotatable bonds is 3. The molecule has 2 atom stereocenters. The van der Waals surface area contributed by atoms with Gasteiger partial charge in [-0.2, -0.15) is 5.26 Å². The number of anilines is 1. The maximum atomic E-state index is 12.0. The summed E-state index contributed by atoms with van der Waals surface area (Å²) >= 11 is 0. The lowest BCUT2D eigenvalue weighted by Gasteiger charge is -2.42. The van der Waals surface area contributed by atoms with Crippen LogP contribution >= 0.6 is 17.0 Å². The molecule has 7 nitrogen and oxygen atoms in total. The number of H-pyrrole nitrogens is 1. The van der Waals surface area contributed by atoms with Crippen LogP contribution in [0.3, 0.4) is 0 Å². The Morgan fingerprint density at radius 2 is 2.33 bits per heavy atom. The largest absolute Gasteiger partial charge is 0.354 e. The fourth-order valence-corrected chi connectivity index (χ4v) is 3.26. The van der Waals surface area contributed by atoms with Gasteiger partial charge in [-0.15, -0.1) is 17.0 Å². The number of fused-ring (bicyclic) bond motifs is 1. The number of carbonyl (C=O) groups is 1. The van der Waals surface area contributed by atoms with E-state index in [9.17, 15) is 4.79 Å². The Hall–Kier alpha value is -2.14. The van der Waals surface area contributed by atoms with E-state index in [2.05, 4.69) is 26.8 Å². The molecule has 0 spiro atoms. The number of nitriles is 1. The number of aromatic amines is 1. The molecule has 128 valence electrons. The molecule has 2 aromatic heterocycles. The van der Waals surface area contributed by atoms with Crippen LogP contribution < -0.4 is 4.90 Å². The van der Waals surface area contributed by atoms with E-state index in [1.165, 1.54) is 0 Å². The minimum atomic E-state index is -0.0905. The van der Waals surface area contributed by atoms with Crippen LogP contribution in [0.1, 0.15) is 19.8 Å². The second-order valence-corrected chi connectivity index (χ2v) is 6.06. The summed E-state index contributed by atoms with van der Waals surface area (Å²) in [6, 6.07) is 4.07. The predicted molar refractivity (Wildman–Crippen MR) is 97.0 cm³/mol. The van der Waals surface area contributed by atoms with E-state index in [0.29, 0.717) is 12.5 Å². The van der Waals surface area contributed by atoms with Crippen LogP contribution in [0, 0.1) is 17.2 Å². The van der Waals surface area contributed by atoms with Gasteiger partial charge in [0.1, 0.15) is 24.2 Å². The summed E-state index contributed by atoms with van der Waals surface area (Å²) in [7, 11) is 2.01. The lowest BCUT2D eigenvalue weighted by atomic mass is 9.92. The highest BCUT2D eigenvalue weighted by Gasteiger charge is 2.32. The molecule has 3 heterocycles. The van der Waals surface area contributed by atoms with Crippen molar-refractivity contribution in [1.82, 2.24) is 19.9 Å². The minimum absolute atomic E-state index is 0. The van der Waals surface area contributed by atoms with Crippen LogP contribution in [0.2, 0.25) is 0 Å². The summed E-state index contributed by atoms with van der Waals surface area (Å²) in [5, 5.41) is 9.71. The van der Waals surface area contributed by atoms with E-state index >= 15 is 0 Å². The molecule has 1 fully saturated rings. The van der Waals surface area contributed by atoms with Gasteiger partial charge in [0.05, 0.1) is 17.5 Å². The van der Waals surface area contributed by atoms with Crippen LogP contribution in [-0.4, -0.2) is 51.9 Å². The first kappa shape index (κ1) is 18.2. The molecule has 0 aliphatic carbocycles. The molecule has 1 N–H and O–H groups in total. The van der Waals surface area contributed by atoms with E-state index in [1.807, 2.05) is 25.4 Å². The highest BCUT2D eigenvalue weighted by Crippen LogP contribution is 2.28. The van der Waals surface area contributed by atoms with E-state index in [-0.39, 0.29) is 35.4 Å². The first-order chi connectivity index (χ1) is 11.1. The summed E-state index contributed by atoms with van der Waals surface area (Å²) in [5.41, 5.74) is 0.808. The van der Waals surface area contributed by atoms with Crippen LogP contribution in [0.15, 0.2) is 18.6 Å². The van der Waals surface area contributed by atoms with Crippen molar-refractivity contribution in [2.75, 3.05) is 25.0 Å². The van der Waals surface area contributed by atoms with Crippen LogP contribution in [0.4, 0.5) is 5.82 Å². The molecule has 8 heteroatoms. The molecular formula is C16H21BrN6O. The van der Waals surface area contributed by atoms with Gasteiger partial charge < -0.3 is 14.8 Å². The average Bonchev–Trinajstić information content (AvgIpc) is 3.03. The minimum Gasteiger partial charge on any atom is -0.354 e. The van der Waals surface area contributed by atoms with Gasteiger partial charge in [-0.25, -0.2) is 9.97 Å². The summed E-state index contributed by atoms with van der Waals surface area (Å²) < 4.78 is 0. The highest BCUT2D eigenvalue weighted by molar-refractivity contribution is 8.93. The Bertz CT molecular complexity index is 754.